The normalized spacial score (nSPS) is 15.8. The van der Waals surface area contributed by atoms with Crippen molar-refractivity contribution in [1.29, 1.82) is 0 Å². The summed E-state index contributed by atoms with van der Waals surface area (Å²) in [6.07, 6.45) is -0.268. The molecule has 0 saturated heterocycles. The van der Waals surface area contributed by atoms with E-state index in [1.807, 2.05) is 18.2 Å². The molecule has 0 aliphatic rings. The van der Waals surface area contributed by atoms with Crippen molar-refractivity contribution in [3.8, 4) is 0 Å². The van der Waals surface area contributed by atoms with E-state index < -0.39 is 9.04 Å². The Bertz CT molecular complexity index is 390. The van der Waals surface area contributed by atoms with Gasteiger partial charge in [0.1, 0.15) is 6.23 Å². The predicted octanol–water partition coefficient (Wildman–Crippen LogP) is 3.75. The Kier molecular flexibility index (Phi) is 5.41. The Morgan fingerprint density at radius 2 is 1.89 bits per heavy atom. The van der Waals surface area contributed by atoms with Gasteiger partial charge in [0.25, 0.3) is 0 Å². The first-order chi connectivity index (χ1) is 8.21. The minimum Gasteiger partial charge on any atom is -0.405 e. The molecule has 1 rings (SSSR count). The lowest BCUT2D eigenvalue weighted by Crippen LogP contribution is -2.41. The van der Waals surface area contributed by atoms with Crippen LogP contribution in [-0.4, -0.2) is 15.3 Å². The number of hydrogen-bond acceptors (Lipinski definition) is 2. The molecule has 1 aromatic carbocycles. The predicted molar refractivity (Wildman–Crippen MR) is 81.6 cm³/mol. The summed E-state index contributed by atoms with van der Waals surface area (Å²) in [5.74, 6) is 0.145. The van der Waals surface area contributed by atoms with Crippen LogP contribution in [0.1, 0.15) is 32.3 Å². The summed E-state index contributed by atoms with van der Waals surface area (Å²) in [5, 5.41) is 0.746. The Balaban J connectivity index is 3.06. The minimum absolute atomic E-state index is 0.0351. The van der Waals surface area contributed by atoms with Crippen molar-refractivity contribution in [2.24, 2.45) is 11.1 Å². The third-order valence-corrected chi connectivity index (χ3v) is 3.99. The SMILES string of the molecule is C[SiH](C)OC(N)C(c1cccc(Cl)c1)C(C)(C)C. The van der Waals surface area contributed by atoms with E-state index in [0.29, 0.717) is 0 Å². The van der Waals surface area contributed by atoms with Crippen LogP contribution in [0.5, 0.6) is 0 Å². The second kappa shape index (κ2) is 6.20. The Hall–Kier alpha value is -0.353. The average molecular weight is 286 g/mol. The monoisotopic (exact) mass is 285 g/mol. The summed E-state index contributed by atoms with van der Waals surface area (Å²) < 4.78 is 5.91. The highest BCUT2D eigenvalue weighted by molar-refractivity contribution is 6.48. The number of rotatable bonds is 4. The summed E-state index contributed by atoms with van der Waals surface area (Å²) >= 11 is 6.08. The van der Waals surface area contributed by atoms with Crippen LogP contribution in [0.4, 0.5) is 0 Å². The van der Waals surface area contributed by atoms with Gasteiger partial charge in [-0.05, 0) is 36.2 Å². The molecule has 102 valence electrons. The quantitative estimate of drug-likeness (QED) is 0.675. The van der Waals surface area contributed by atoms with Crippen LogP contribution >= 0.6 is 11.6 Å². The van der Waals surface area contributed by atoms with Crippen LogP contribution in [0.15, 0.2) is 24.3 Å². The van der Waals surface area contributed by atoms with E-state index in [-0.39, 0.29) is 17.6 Å². The smallest absolute Gasteiger partial charge is 0.173 e. The Morgan fingerprint density at radius 1 is 1.28 bits per heavy atom. The molecule has 2 unspecified atom stereocenters. The summed E-state index contributed by atoms with van der Waals surface area (Å²) in [4.78, 5) is 0. The first-order valence-electron chi connectivity index (χ1n) is 6.38. The molecule has 4 heteroatoms. The fourth-order valence-corrected chi connectivity index (χ4v) is 3.26. The van der Waals surface area contributed by atoms with E-state index in [1.54, 1.807) is 0 Å². The highest BCUT2D eigenvalue weighted by atomic mass is 35.5. The zero-order chi connectivity index (χ0) is 13.9. The highest BCUT2D eigenvalue weighted by Crippen LogP contribution is 2.38. The molecule has 0 heterocycles. The largest absolute Gasteiger partial charge is 0.405 e. The number of benzene rings is 1. The van der Waals surface area contributed by atoms with Crippen LogP contribution in [-0.2, 0) is 4.43 Å². The van der Waals surface area contributed by atoms with Gasteiger partial charge in [0.15, 0.2) is 9.04 Å². The first kappa shape index (κ1) is 15.7. The molecule has 1 aromatic rings. The molecule has 0 radical (unpaired) electrons. The van der Waals surface area contributed by atoms with E-state index in [1.165, 1.54) is 0 Å². The first-order valence-corrected chi connectivity index (χ1v) is 9.54. The molecule has 0 saturated carbocycles. The summed E-state index contributed by atoms with van der Waals surface area (Å²) in [7, 11) is -1.15. The highest BCUT2D eigenvalue weighted by Gasteiger charge is 2.32. The van der Waals surface area contributed by atoms with Gasteiger partial charge in [-0.1, -0.05) is 44.5 Å². The molecular formula is C14H24ClNOSi. The molecule has 2 nitrogen and oxygen atoms in total. The maximum absolute atomic E-state index is 6.26. The summed E-state index contributed by atoms with van der Waals surface area (Å²) in [6, 6.07) is 7.92. The molecule has 2 atom stereocenters. The molecule has 0 fully saturated rings. The minimum atomic E-state index is -1.15. The lowest BCUT2D eigenvalue weighted by molar-refractivity contribution is 0.116. The van der Waals surface area contributed by atoms with E-state index >= 15 is 0 Å². The summed E-state index contributed by atoms with van der Waals surface area (Å²) in [5.41, 5.74) is 7.44. The Morgan fingerprint density at radius 3 is 2.33 bits per heavy atom. The molecule has 0 aromatic heterocycles. The van der Waals surface area contributed by atoms with Crippen LogP contribution in [0, 0.1) is 5.41 Å². The zero-order valence-electron chi connectivity index (χ0n) is 11.9. The van der Waals surface area contributed by atoms with Gasteiger partial charge < -0.3 is 10.2 Å². The molecule has 0 bridgehead atoms. The second-order valence-electron chi connectivity index (χ2n) is 6.05. The Labute approximate surface area is 117 Å². The van der Waals surface area contributed by atoms with Gasteiger partial charge in [-0.3, -0.25) is 0 Å². The van der Waals surface area contributed by atoms with Gasteiger partial charge in [-0.2, -0.15) is 0 Å². The topological polar surface area (TPSA) is 35.2 Å². The van der Waals surface area contributed by atoms with Gasteiger partial charge in [-0.15, -0.1) is 0 Å². The maximum atomic E-state index is 6.26. The third kappa shape index (κ3) is 4.39. The van der Waals surface area contributed by atoms with Gasteiger partial charge in [0.2, 0.25) is 0 Å². The van der Waals surface area contributed by atoms with E-state index in [4.69, 9.17) is 21.8 Å². The van der Waals surface area contributed by atoms with Gasteiger partial charge >= 0.3 is 0 Å². The average Bonchev–Trinajstić information content (AvgIpc) is 2.13. The second-order valence-corrected chi connectivity index (χ2v) is 8.85. The van der Waals surface area contributed by atoms with Gasteiger partial charge in [0, 0.05) is 10.9 Å². The zero-order valence-corrected chi connectivity index (χ0v) is 13.8. The van der Waals surface area contributed by atoms with Crippen LogP contribution in [0.2, 0.25) is 18.1 Å². The fraction of sp³-hybridized carbons (Fsp3) is 0.571. The molecule has 18 heavy (non-hydrogen) atoms. The van der Waals surface area contributed by atoms with E-state index in [0.717, 1.165) is 10.6 Å². The van der Waals surface area contributed by atoms with Crippen molar-refractivity contribution < 1.29 is 4.43 Å². The van der Waals surface area contributed by atoms with Crippen LogP contribution in [0.3, 0.4) is 0 Å². The maximum Gasteiger partial charge on any atom is 0.173 e. The number of nitrogens with two attached hydrogens (primary N) is 1. The van der Waals surface area contributed by atoms with Crippen LogP contribution < -0.4 is 5.73 Å². The molecular weight excluding hydrogens is 262 g/mol. The molecule has 2 N–H and O–H groups in total. The van der Waals surface area contributed by atoms with Gasteiger partial charge in [0.05, 0.1) is 0 Å². The fourth-order valence-electron chi connectivity index (χ4n) is 2.28. The van der Waals surface area contributed by atoms with Crippen molar-refractivity contribution in [2.45, 2.75) is 46.0 Å². The molecule has 0 spiro atoms. The lowest BCUT2D eigenvalue weighted by Gasteiger charge is -2.36. The molecule has 0 aliphatic heterocycles. The van der Waals surface area contributed by atoms with Crippen molar-refractivity contribution in [2.75, 3.05) is 0 Å². The molecule has 0 amide bonds. The van der Waals surface area contributed by atoms with Crippen molar-refractivity contribution in [3.05, 3.63) is 34.9 Å². The van der Waals surface area contributed by atoms with Crippen molar-refractivity contribution >= 4 is 20.6 Å². The van der Waals surface area contributed by atoms with Crippen molar-refractivity contribution in [1.82, 2.24) is 0 Å². The molecule has 0 aliphatic carbocycles. The summed E-state index contributed by atoms with van der Waals surface area (Å²) in [6.45, 7) is 10.8. The van der Waals surface area contributed by atoms with Crippen molar-refractivity contribution in [3.63, 3.8) is 0 Å². The van der Waals surface area contributed by atoms with Crippen LogP contribution in [0.25, 0.3) is 0 Å². The van der Waals surface area contributed by atoms with Gasteiger partial charge in [-0.25, -0.2) is 0 Å². The standard InChI is InChI=1S/C14H24ClNOSi/c1-14(2,3)12(13(16)17-18(4)5)10-7-6-8-11(15)9-10/h6-9,12-13,18H,16H2,1-5H3. The van der Waals surface area contributed by atoms with E-state index in [9.17, 15) is 0 Å². The lowest BCUT2D eigenvalue weighted by atomic mass is 9.75. The third-order valence-electron chi connectivity index (χ3n) is 2.90. The number of hydrogen-bond donors (Lipinski definition) is 1. The van der Waals surface area contributed by atoms with E-state index in [2.05, 4.69) is 39.9 Å². The number of halogens is 1.